The molecule has 2 fully saturated rings. The van der Waals surface area contributed by atoms with E-state index in [9.17, 15) is 0 Å². The molecule has 0 amide bonds. The van der Waals surface area contributed by atoms with Gasteiger partial charge in [-0.3, -0.25) is 0 Å². The van der Waals surface area contributed by atoms with E-state index >= 15 is 0 Å². The van der Waals surface area contributed by atoms with E-state index in [1.165, 1.54) is 62.9 Å². The number of piperidine rings is 1. The van der Waals surface area contributed by atoms with Crippen LogP contribution in [0, 0.1) is 5.41 Å². The highest BCUT2D eigenvalue weighted by molar-refractivity contribution is 6.17. The molecule has 2 heterocycles. The van der Waals surface area contributed by atoms with Crippen molar-refractivity contribution in [2.45, 2.75) is 57.7 Å². The second-order valence-electron chi connectivity index (χ2n) is 6.51. The molecular weight excluding hydrogens is 268 g/mol. The van der Waals surface area contributed by atoms with Gasteiger partial charge in [0, 0.05) is 24.7 Å². The van der Waals surface area contributed by atoms with E-state index in [0.29, 0.717) is 11.3 Å². The Kier molecular flexibility index (Phi) is 4.21. The maximum atomic E-state index is 6.02. The summed E-state index contributed by atoms with van der Waals surface area (Å²) in [6.07, 6.45) is 9.48. The lowest BCUT2D eigenvalue weighted by Crippen LogP contribution is -2.39. The smallest absolute Gasteiger partial charge is 0.129 e. The van der Waals surface area contributed by atoms with Crippen molar-refractivity contribution in [3.8, 4) is 0 Å². The zero-order valence-corrected chi connectivity index (χ0v) is 13.3. The average Bonchev–Trinajstić information content (AvgIpc) is 2.95. The lowest BCUT2D eigenvalue weighted by Gasteiger charge is -2.40. The summed E-state index contributed by atoms with van der Waals surface area (Å²) in [4.78, 5) is 7.28. The van der Waals surface area contributed by atoms with Crippen molar-refractivity contribution < 1.29 is 0 Å². The molecule has 1 spiro atoms. The van der Waals surface area contributed by atoms with Gasteiger partial charge in [-0.1, -0.05) is 19.8 Å². The predicted molar refractivity (Wildman–Crippen MR) is 85.5 cm³/mol. The van der Waals surface area contributed by atoms with Gasteiger partial charge in [0.1, 0.15) is 5.82 Å². The Morgan fingerprint density at radius 3 is 2.45 bits per heavy atom. The maximum absolute atomic E-state index is 6.02. The summed E-state index contributed by atoms with van der Waals surface area (Å²) in [5.41, 5.74) is 3.04. The van der Waals surface area contributed by atoms with Crippen molar-refractivity contribution >= 4 is 17.4 Å². The van der Waals surface area contributed by atoms with E-state index in [-0.39, 0.29) is 0 Å². The first-order valence-corrected chi connectivity index (χ1v) is 8.59. The van der Waals surface area contributed by atoms with E-state index in [0.717, 1.165) is 12.2 Å². The van der Waals surface area contributed by atoms with Crippen molar-refractivity contribution in [2.24, 2.45) is 5.41 Å². The topological polar surface area (TPSA) is 16.1 Å². The molecule has 0 N–H and O–H groups in total. The van der Waals surface area contributed by atoms with Crippen molar-refractivity contribution in [1.29, 1.82) is 0 Å². The van der Waals surface area contributed by atoms with Crippen molar-refractivity contribution in [2.75, 3.05) is 18.0 Å². The molecule has 1 saturated carbocycles. The second kappa shape index (κ2) is 5.93. The van der Waals surface area contributed by atoms with Crippen LogP contribution in [0.25, 0.3) is 0 Å². The molecule has 1 aromatic heterocycles. The first-order valence-electron chi connectivity index (χ1n) is 8.05. The number of alkyl halides is 1. The molecule has 0 aromatic carbocycles. The molecule has 1 saturated heterocycles. The van der Waals surface area contributed by atoms with Gasteiger partial charge in [0.05, 0.1) is 0 Å². The largest absolute Gasteiger partial charge is 0.357 e. The van der Waals surface area contributed by atoms with Gasteiger partial charge in [0.15, 0.2) is 0 Å². The maximum Gasteiger partial charge on any atom is 0.129 e. The fraction of sp³-hybridized carbons (Fsp3) is 0.706. The summed E-state index contributed by atoms with van der Waals surface area (Å²) >= 11 is 6.02. The van der Waals surface area contributed by atoms with Gasteiger partial charge in [-0.25, -0.2) is 4.98 Å². The molecule has 1 aliphatic carbocycles. The molecule has 0 bridgehead atoms. The van der Waals surface area contributed by atoms with Crippen molar-refractivity contribution in [3.63, 3.8) is 0 Å². The van der Waals surface area contributed by atoms with Crippen LogP contribution in [0.4, 0.5) is 5.82 Å². The molecule has 1 aliphatic heterocycles. The predicted octanol–water partition coefficient (Wildman–Crippen LogP) is 4.54. The Morgan fingerprint density at radius 2 is 1.85 bits per heavy atom. The first kappa shape index (κ1) is 14.2. The summed E-state index contributed by atoms with van der Waals surface area (Å²) in [5.74, 6) is 1.73. The lowest BCUT2D eigenvalue weighted by atomic mass is 9.77. The molecule has 20 heavy (non-hydrogen) atoms. The first-order chi connectivity index (χ1) is 9.74. The lowest BCUT2D eigenvalue weighted by molar-refractivity contribution is 0.226. The minimum atomic E-state index is 0.584. The zero-order valence-electron chi connectivity index (χ0n) is 12.5. The fourth-order valence-corrected chi connectivity index (χ4v) is 4.04. The highest BCUT2D eigenvalue weighted by Gasteiger charge is 2.37. The molecule has 0 radical (unpaired) electrons. The Labute approximate surface area is 127 Å². The minimum absolute atomic E-state index is 0.584. The van der Waals surface area contributed by atoms with Crippen LogP contribution in [0.2, 0.25) is 0 Å². The third kappa shape index (κ3) is 2.81. The summed E-state index contributed by atoms with van der Waals surface area (Å²) < 4.78 is 0. The van der Waals surface area contributed by atoms with Gasteiger partial charge in [-0.15, -0.1) is 11.6 Å². The van der Waals surface area contributed by atoms with Crippen LogP contribution in [-0.4, -0.2) is 18.1 Å². The number of hydrogen-bond acceptors (Lipinski definition) is 2. The molecule has 2 aliphatic rings. The number of pyridine rings is 1. The number of aromatic nitrogens is 1. The number of rotatable bonds is 3. The van der Waals surface area contributed by atoms with Crippen LogP contribution in [0.1, 0.15) is 56.7 Å². The molecule has 2 nitrogen and oxygen atoms in total. The highest BCUT2D eigenvalue weighted by atomic mass is 35.5. The third-order valence-corrected chi connectivity index (χ3v) is 5.56. The molecule has 3 rings (SSSR count). The number of aryl methyl sites for hydroxylation is 1. The normalized spacial score (nSPS) is 21.6. The van der Waals surface area contributed by atoms with E-state index < -0.39 is 0 Å². The number of hydrogen-bond donors (Lipinski definition) is 0. The van der Waals surface area contributed by atoms with Crippen molar-refractivity contribution in [3.05, 3.63) is 23.4 Å². The van der Waals surface area contributed by atoms with Crippen LogP contribution in [0.3, 0.4) is 0 Å². The highest BCUT2D eigenvalue weighted by Crippen LogP contribution is 2.46. The molecule has 0 atom stereocenters. The monoisotopic (exact) mass is 292 g/mol. The quantitative estimate of drug-likeness (QED) is 0.760. The molecular formula is C17H25ClN2. The second-order valence-corrected chi connectivity index (χ2v) is 6.77. The zero-order chi connectivity index (χ0) is 14.0. The van der Waals surface area contributed by atoms with E-state index in [1.807, 2.05) is 0 Å². The van der Waals surface area contributed by atoms with Gasteiger partial charge in [-0.05, 0) is 55.2 Å². The van der Waals surface area contributed by atoms with Gasteiger partial charge in [0.25, 0.3) is 0 Å². The molecule has 0 unspecified atom stereocenters. The van der Waals surface area contributed by atoms with E-state index in [4.69, 9.17) is 16.6 Å². The molecule has 1 aromatic rings. The Balaban J connectivity index is 1.74. The van der Waals surface area contributed by atoms with E-state index in [2.05, 4.69) is 24.0 Å². The number of anilines is 1. The third-order valence-electron chi connectivity index (χ3n) is 5.25. The SMILES string of the molecule is CCc1cc(CCl)cc(N2CCC3(CCCC3)CC2)n1. The van der Waals surface area contributed by atoms with Crippen molar-refractivity contribution in [1.82, 2.24) is 4.98 Å². The van der Waals surface area contributed by atoms with Gasteiger partial charge in [-0.2, -0.15) is 0 Å². The Hall–Kier alpha value is -0.760. The standard InChI is InChI=1S/C17H25ClN2/c1-2-15-11-14(13-18)12-16(19-15)20-9-7-17(8-10-20)5-3-4-6-17/h11-12H,2-10,13H2,1H3. The van der Waals surface area contributed by atoms with Crippen LogP contribution in [0.5, 0.6) is 0 Å². The summed E-state index contributed by atoms with van der Waals surface area (Å²) in [5, 5.41) is 0. The van der Waals surface area contributed by atoms with Crippen LogP contribution < -0.4 is 4.90 Å². The van der Waals surface area contributed by atoms with Gasteiger partial charge < -0.3 is 4.90 Å². The summed E-state index contributed by atoms with van der Waals surface area (Å²) in [7, 11) is 0. The van der Waals surface area contributed by atoms with E-state index in [1.54, 1.807) is 0 Å². The number of nitrogens with zero attached hydrogens (tertiary/aromatic N) is 2. The number of halogens is 1. The van der Waals surface area contributed by atoms with Gasteiger partial charge >= 0.3 is 0 Å². The van der Waals surface area contributed by atoms with Gasteiger partial charge in [0.2, 0.25) is 0 Å². The minimum Gasteiger partial charge on any atom is -0.357 e. The Bertz CT molecular complexity index is 434. The molecule has 3 heteroatoms. The Morgan fingerprint density at radius 1 is 1.15 bits per heavy atom. The average molecular weight is 293 g/mol. The van der Waals surface area contributed by atoms with Crippen LogP contribution in [-0.2, 0) is 12.3 Å². The fourth-order valence-electron chi connectivity index (χ4n) is 3.89. The summed E-state index contributed by atoms with van der Waals surface area (Å²) in [6, 6.07) is 4.32. The van der Waals surface area contributed by atoms with Crippen LogP contribution in [0.15, 0.2) is 12.1 Å². The molecule has 110 valence electrons. The summed E-state index contributed by atoms with van der Waals surface area (Å²) in [6.45, 7) is 4.50. The van der Waals surface area contributed by atoms with Crippen LogP contribution >= 0.6 is 11.6 Å².